The molecule has 0 saturated carbocycles. The summed E-state index contributed by atoms with van der Waals surface area (Å²) in [5.74, 6) is 0.239. The Morgan fingerprint density at radius 2 is 1.72 bits per heavy atom. The molecule has 0 heterocycles. The molecule has 1 aromatic rings. The average molecular weight is 247 g/mol. The molecule has 98 valence electrons. The van der Waals surface area contributed by atoms with Crippen LogP contribution in [0.1, 0.15) is 50.9 Å². The molecule has 0 fully saturated rings. The van der Waals surface area contributed by atoms with Gasteiger partial charge in [-0.15, -0.1) is 0 Å². The van der Waals surface area contributed by atoms with Gasteiger partial charge in [0, 0.05) is 17.7 Å². The van der Waals surface area contributed by atoms with E-state index in [0.29, 0.717) is 12.0 Å². The molecule has 1 N–H and O–H groups in total. The van der Waals surface area contributed by atoms with E-state index < -0.39 is 5.54 Å². The third-order valence-electron chi connectivity index (χ3n) is 2.92. The summed E-state index contributed by atoms with van der Waals surface area (Å²) in [5, 5.41) is 3.21. The number of hydrogen-bond donors (Lipinski definition) is 1. The van der Waals surface area contributed by atoms with Crippen molar-refractivity contribution in [3.8, 4) is 0 Å². The van der Waals surface area contributed by atoms with Crippen LogP contribution in [-0.2, 0) is 4.79 Å². The fraction of sp³-hybridized carbons (Fsp3) is 0.467. The summed E-state index contributed by atoms with van der Waals surface area (Å²) in [6, 6.07) is 7.20. The van der Waals surface area contributed by atoms with E-state index in [9.17, 15) is 9.59 Å². The van der Waals surface area contributed by atoms with Gasteiger partial charge in [0.1, 0.15) is 0 Å². The molecule has 0 atom stereocenters. The lowest BCUT2D eigenvalue weighted by Crippen LogP contribution is -2.40. The molecule has 0 aliphatic heterocycles. The van der Waals surface area contributed by atoms with Gasteiger partial charge in [0.05, 0.1) is 5.54 Å². The Morgan fingerprint density at radius 1 is 1.17 bits per heavy atom. The van der Waals surface area contributed by atoms with E-state index in [1.807, 2.05) is 32.9 Å². The number of hydrogen-bond acceptors (Lipinski definition) is 3. The van der Waals surface area contributed by atoms with Crippen LogP contribution in [0.25, 0.3) is 0 Å². The third kappa shape index (κ3) is 3.69. The number of carbonyl (C=O) groups is 2. The second-order valence-corrected chi connectivity index (χ2v) is 5.06. The van der Waals surface area contributed by atoms with Gasteiger partial charge in [-0.05, 0) is 51.5 Å². The van der Waals surface area contributed by atoms with Crippen molar-refractivity contribution in [1.29, 1.82) is 0 Å². The van der Waals surface area contributed by atoms with Crippen molar-refractivity contribution in [3.05, 3.63) is 29.8 Å². The van der Waals surface area contributed by atoms with Crippen molar-refractivity contribution in [1.82, 2.24) is 0 Å². The van der Waals surface area contributed by atoms with Gasteiger partial charge < -0.3 is 5.32 Å². The standard InChI is InChI=1S/C15H21NO2/c1-5-6-14(18)15(3,4)16-13-9-7-12(8-10-13)11(2)17/h7-10,16H,5-6H2,1-4H3. The highest BCUT2D eigenvalue weighted by Gasteiger charge is 2.25. The van der Waals surface area contributed by atoms with E-state index in [4.69, 9.17) is 0 Å². The maximum atomic E-state index is 11.9. The summed E-state index contributed by atoms with van der Waals surface area (Å²) in [5.41, 5.74) is 0.959. The van der Waals surface area contributed by atoms with Gasteiger partial charge >= 0.3 is 0 Å². The molecular formula is C15H21NO2. The van der Waals surface area contributed by atoms with Crippen LogP contribution in [0.2, 0.25) is 0 Å². The lowest BCUT2D eigenvalue weighted by atomic mass is 9.95. The summed E-state index contributed by atoms with van der Waals surface area (Å²) in [6.07, 6.45) is 1.43. The van der Waals surface area contributed by atoms with Gasteiger partial charge in [0.2, 0.25) is 0 Å². The molecule has 1 aromatic carbocycles. The Bertz CT molecular complexity index is 432. The zero-order valence-electron chi connectivity index (χ0n) is 11.5. The van der Waals surface area contributed by atoms with Crippen molar-refractivity contribution in [3.63, 3.8) is 0 Å². The molecule has 18 heavy (non-hydrogen) atoms. The zero-order chi connectivity index (χ0) is 13.8. The first-order valence-electron chi connectivity index (χ1n) is 6.29. The highest BCUT2D eigenvalue weighted by atomic mass is 16.1. The molecule has 0 aliphatic rings. The largest absolute Gasteiger partial charge is 0.373 e. The molecule has 0 radical (unpaired) electrons. The quantitative estimate of drug-likeness (QED) is 0.783. The van der Waals surface area contributed by atoms with Crippen molar-refractivity contribution in [2.24, 2.45) is 0 Å². The van der Waals surface area contributed by atoms with Crippen LogP contribution in [-0.4, -0.2) is 17.1 Å². The van der Waals surface area contributed by atoms with Crippen LogP contribution >= 0.6 is 0 Å². The second kappa shape index (κ2) is 5.80. The molecule has 0 bridgehead atoms. The van der Waals surface area contributed by atoms with Crippen LogP contribution in [0.4, 0.5) is 5.69 Å². The van der Waals surface area contributed by atoms with Crippen molar-refractivity contribution in [2.75, 3.05) is 5.32 Å². The predicted molar refractivity (Wildman–Crippen MR) is 74.1 cm³/mol. The molecule has 1 rings (SSSR count). The van der Waals surface area contributed by atoms with E-state index in [1.54, 1.807) is 12.1 Å². The number of carbonyl (C=O) groups excluding carboxylic acids is 2. The smallest absolute Gasteiger partial charge is 0.159 e. The molecule has 0 amide bonds. The van der Waals surface area contributed by atoms with Gasteiger partial charge in [-0.3, -0.25) is 9.59 Å². The van der Waals surface area contributed by atoms with E-state index in [1.165, 1.54) is 6.92 Å². The van der Waals surface area contributed by atoms with Gasteiger partial charge in [-0.1, -0.05) is 6.92 Å². The molecule has 3 nitrogen and oxygen atoms in total. The van der Waals surface area contributed by atoms with Crippen molar-refractivity contribution >= 4 is 17.3 Å². The number of ketones is 2. The second-order valence-electron chi connectivity index (χ2n) is 5.06. The molecule has 0 unspecified atom stereocenters. The molecule has 0 aromatic heterocycles. The predicted octanol–water partition coefficient (Wildman–Crippen LogP) is 3.45. The third-order valence-corrected chi connectivity index (χ3v) is 2.92. The molecule has 3 heteroatoms. The van der Waals surface area contributed by atoms with E-state index >= 15 is 0 Å². The lowest BCUT2D eigenvalue weighted by Gasteiger charge is -2.26. The zero-order valence-corrected chi connectivity index (χ0v) is 11.5. The highest BCUT2D eigenvalue weighted by Crippen LogP contribution is 2.18. The minimum atomic E-state index is -0.576. The average Bonchev–Trinajstić information content (AvgIpc) is 2.29. The SMILES string of the molecule is CCCC(=O)C(C)(C)Nc1ccc(C(C)=O)cc1. The fourth-order valence-corrected chi connectivity index (χ4v) is 1.76. The number of Topliss-reactive ketones (excluding diaryl/α,β-unsaturated/α-hetero) is 2. The summed E-state index contributed by atoms with van der Waals surface area (Å²) < 4.78 is 0. The Kier molecular flexibility index (Phi) is 4.65. The minimum absolute atomic E-state index is 0.0443. The Labute approximate surface area is 109 Å². The van der Waals surface area contributed by atoms with Gasteiger partial charge in [-0.2, -0.15) is 0 Å². The van der Waals surface area contributed by atoms with Crippen LogP contribution < -0.4 is 5.32 Å². The van der Waals surface area contributed by atoms with Crippen molar-refractivity contribution in [2.45, 2.75) is 46.1 Å². The van der Waals surface area contributed by atoms with Crippen molar-refractivity contribution < 1.29 is 9.59 Å². The topological polar surface area (TPSA) is 46.2 Å². The number of anilines is 1. The van der Waals surface area contributed by atoms with Crippen LogP contribution in [0.15, 0.2) is 24.3 Å². The minimum Gasteiger partial charge on any atom is -0.373 e. The molecule has 0 saturated heterocycles. The summed E-state index contributed by atoms with van der Waals surface area (Å²) >= 11 is 0. The lowest BCUT2D eigenvalue weighted by molar-refractivity contribution is -0.122. The van der Waals surface area contributed by atoms with E-state index in [-0.39, 0.29) is 11.6 Å². The summed E-state index contributed by atoms with van der Waals surface area (Å²) in [6.45, 7) is 7.29. The first-order chi connectivity index (χ1) is 8.36. The number of nitrogens with one attached hydrogen (secondary N) is 1. The first-order valence-corrected chi connectivity index (χ1v) is 6.29. The highest BCUT2D eigenvalue weighted by molar-refractivity contribution is 5.94. The Balaban J connectivity index is 2.78. The number of rotatable bonds is 6. The number of benzene rings is 1. The molecule has 0 spiro atoms. The monoisotopic (exact) mass is 247 g/mol. The van der Waals surface area contributed by atoms with Gasteiger partial charge in [-0.25, -0.2) is 0 Å². The van der Waals surface area contributed by atoms with Crippen LogP contribution in [0.3, 0.4) is 0 Å². The Morgan fingerprint density at radius 3 is 2.17 bits per heavy atom. The normalized spacial score (nSPS) is 11.1. The fourth-order valence-electron chi connectivity index (χ4n) is 1.76. The Hall–Kier alpha value is -1.64. The van der Waals surface area contributed by atoms with Gasteiger partial charge in [0.25, 0.3) is 0 Å². The van der Waals surface area contributed by atoms with Crippen LogP contribution in [0.5, 0.6) is 0 Å². The van der Waals surface area contributed by atoms with Gasteiger partial charge in [0.15, 0.2) is 11.6 Å². The first kappa shape index (κ1) is 14.4. The van der Waals surface area contributed by atoms with Crippen LogP contribution in [0, 0.1) is 0 Å². The summed E-state index contributed by atoms with van der Waals surface area (Å²) in [7, 11) is 0. The molecule has 0 aliphatic carbocycles. The maximum absolute atomic E-state index is 11.9. The summed E-state index contributed by atoms with van der Waals surface area (Å²) in [4.78, 5) is 23.1. The van der Waals surface area contributed by atoms with E-state index in [2.05, 4.69) is 5.32 Å². The maximum Gasteiger partial charge on any atom is 0.159 e. The van der Waals surface area contributed by atoms with E-state index in [0.717, 1.165) is 12.1 Å². The molecular weight excluding hydrogens is 226 g/mol.